The maximum Gasteiger partial charge on any atom is 0.272 e. The molecule has 0 spiro atoms. The quantitative estimate of drug-likeness (QED) is 0.415. The summed E-state index contributed by atoms with van der Waals surface area (Å²) < 4.78 is 3.73. The highest BCUT2D eigenvalue weighted by atomic mass is 16.2. The van der Waals surface area contributed by atoms with Crippen LogP contribution in [0.25, 0.3) is 0 Å². The lowest BCUT2D eigenvalue weighted by molar-refractivity contribution is 0.0950. The van der Waals surface area contributed by atoms with Gasteiger partial charge in [0.05, 0.1) is 12.1 Å². The highest BCUT2D eigenvalue weighted by Gasteiger charge is 2.23. The standard InChI is InChI=1S/C26H27N7O2/c1-15-8-24(27)30-17(3)21(15)11-28-25(34)20-10-23-26(35)31-22-9-18(12-33-16(2)6-7-29-33)4-5-19(22)13-32(23)14-20/h4-10,14H,11-13H2,1-3H3,(H2,27,30)(H,28,34)(H,31,35). The minimum absolute atomic E-state index is 0.246. The molecule has 0 aliphatic carbocycles. The van der Waals surface area contributed by atoms with Crippen molar-refractivity contribution < 1.29 is 9.59 Å². The molecule has 0 saturated heterocycles. The molecule has 9 heteroatoms. The van der Waals surface area contributed by atoms with Gasteiger partial charge < -0.3 is 20.9 Å². The topological polar surface area (TPSA) is 120 Å². The molecular weight excluding hydrogens is 442 g/mol. The van der Waals surface area contributed by atoms with Gasteiger partial charge in [-0.05, 0) is 67.3 Å². The summed E-state index contributed by atoms with van der Waals surface area (Å²) in [6.45, 7) is 7.26. The Morgan fingerprint density at radius 2 is 2.00 bits per heavy atom. The fourth-order valence-corrected chi connectivity index (χ4v) is 4.46. The zero-order valence-electron chi connectivity index (χ0n) is 19.9. The largest absolute Gasteiger partial charge is 0.384 e. The zero-order chi connectivity index (χ0) is 24.7. The van der Waals surface area contributed by atoms with Gasteiger partial charge in [0, 0.05) is 42.6 Å². The minimum Gasteiger partial charge on any atom is -0.384 e. The first-order chi connectivity index (χ1) is 16.8. The van der Waals surface area contributed by atoms with Crippen LogP contribution in [0.15, 0.2) is 48.8 Å². The van der Waals surface area contributed by atoms with Gasteiger partial charge in [0.15, 0.2) is 0 Å². The van der Waals surface area contributed by atoms with Crippen molar-refractivity contribution in [2.45, 2.75) is 40.4 Å². The summed E-state index contributed by atoms with van der Waals surface area (Å²) in [5.74, 6) is -0.0371. The molecule has 0 saturated carbocycles. The molecule has 1 aliphatic rings. The Kier molecular flexibility index (Phi) is 5.60. The number of amides is 2. The number of benzene rings is 1. The third-order valence-electron chi connectivity index (χ3n) is 6.42. The fraction of sp³-hybridized carbons (Fsp3) is 0.231. The number of nitrogen functional groups attached to an aromatic ring is 1. The number of fused-ring (bicyclic) bond motifs is 2. The Balaban J connectivity index is 1.33. The van der Waals surface area contributed by atoms with Crippen LogP contribution in [-0.2, 0) is 19.6 Å². The van der Waals surface area contributed by atoms with E-state index in [1.165, 1.54) is 0 Å². The fourth-order valence-electron chi connectivity index (χ4n) is 4.46. The van der Waals surface area contributed by atoms with E-state index in [1.54, 1.807) is 24.5 Å². The second-order valence-electron chi connectivity index (χ2n) is 8.93. The van der Waals surface area contributed by atoms with Crippen LogP contribution in [0.3, 0.4) is 0 Å². The SMILES string of the molecule is Cc1cc(N)nc(C)c1CNC(=O)c1cc2n(c1)Cc1ccc(Cn3nccc3C)cc1NC2=O. The van der Waals surface area contributed by atoms with Crippen molar-refractivity contribution in [1.82, 2.24) is 24.6 Å². The molecule has 178 valence electrons. The van der Waals surface area contributed by atoms with Crippen molar-refractivity contribution in [3.63, 3.8) is 0 Å². The summed E-state index contributed by atoms with van der Waals surface area (Å²) in [6, 6.07) is 11.4. The number of anilines is 2. The molecule has 4 N–H and O–H groups in total. The predicted octanol–water partition coefficient (Wildman–Crippen LogP) is 3.18. The van der Waals surface area contributed by atoms with E-state index in [9.17, 15) is 9.59 Å². The summed E-state index contributed by atoms with van der Waals surface area (Å²) in [4.78, 5) is 30.1. The Labute approximate surface area is 203 Å². The van der Waals surface area contributed by atoms with Crippen molar-refractivity contribution in [3.05, 3.63) is 93.7 Å². The first-order valence-corrected chi connectivity index (χ1v) is 11.4. The van der Waals surface area contributed by atoms with Gasteiger partial charge in [-0.15, -0.1) is 0 Å². The zero-order valence-corrected chi connectivity index (χ0v) is 19.9. The molecular formula is C26H27N7O2. The maximum absolute atomic E-state index is 13.0. The molecule has 0 fully saturated rings. The molecule has 0 atom stereocenters. The van der Waals surface area contributed by atoms with Gasteiger partial charge in [-0.2, -0.15) is 5.10 Å². The first kappa shape index (κ1) is 22.4. The van der Waals surface area contributed by atoms with Crippen molar-refractivity contribution >= 4 is 23.3 Å². The summed E-state index contributed by atoms with van der Waals surface area (Å²) in [7, 11) is 0. The smallest absolute Gasteiger partial charge is 0.272 e. The molecule has 3 aromatic heterocycles. The van der Waals surface area contributed by atoms with Gasteiger partial charge >= 0.3 is 0 Å². The van der Waals surface area contributed by atoms with E-state index in [0.29, 0.717) is 36.7 Å². The monoisotopic (exact) mass is 469 g/mol. The van der Waals surface area contributed by atoms with Crippen molar-refractivity contribution in [2.75, 3.05) is 11.1 Å². The Morgan fingerprint density at radius 1 is 1.17 bits per heavy atom. The third-order valence-corrected chi connectivity index (χ3v) is 6.42. The minimum atomic E-state index is -0.251. The molecule has 4 aromatic rings. The van der Waals surface area contributed by atoms with Gasteiger partial charge in [-0.1, -0.05) is 12.1 Å². The highest BCUT2D eigenvalue weighted by molar-refractivity contribution is 6.06. The number of nitrogens with two attached hydrogens (primary N) is 1. The van der Waals surface area contributed by atoms with Gasteiger partial charge in [0.25, 0.3) is 11.8 Å². The molecule has 9 nitrogen and oxygen atoms in total. The molecule has 5 rings (SSSR count). The number of hydrogen-bond donors (Lipinski definition) is 3. The van der Waals surface area contributed by atoms with Crippen LogP contribution >= 0.6 is 0 Å². The van der Waals surface area contributed by atoms with Crippen molar-refractivity contribution in [1.29, 1.82) is 0 Å². The second-order valence-corrected chi connectivity index (χ2v) is 8.93. The first-order valence-electron chi connectivity index (χ1n) is 11.4. The number of aromatic nitrogens is 4. The number of nitrogens with zero attached hydrogens (tertiary/aromatic N) is 4. The van der Waals surface area contributed by atoms with E-state index in [4.69, 9.17) is 5.73 Å². The normalized spacial score (nSPS) is 12.5. The maximum atomic E-state index is 13.0. The van der Waals surface area contributed by atoms with E-state index < -0.39 is 0 Å². The third kappa shape index (κ3) is 4.40. The van der Waals surface area contributed by atoms with Crippen LogP contribution in [0, 0.1) is 20.8 Å². The number of hydrogen-bond acceptors (Lipinski definition) is 5. The van der Waals surface area contributed by atoms with Crippen LogP contribution in [0.5, 0.6) is 0 Å². The number of pyridine rings is 1. The van der Waals surface area contributed by atoms with E-state index in [2.05, 4.69) is 20.7 Å². The predicted molar refractivity (Wildman–Crippen MR) is 133 cm³/mol. The Bertz CT molecular complexity index is 1440. The van der Waals surface area contributed by atoms with E-state index >= 15 is 0 Å². The number of nitrogens with one attached hydrogen (secondary N) is 2. The lowest BCUT2D eigenvalue weighted by Gasteiger charge is -2.11. The molecule has 1 aliphatic heterocycles. The number of rotatable bonds is 5. The van der Waals surface area contributed by atoms with Gasteiger partial charge in [0.2, 0.25) is 0 Å². The molecule has 4 heterocycles. The lowest BCUT2D eigenvalue weighted by atomic mass is 10.1. The van der Waals surface area contributed by atoms with Crippen LogP contribution in [0.1, 0.15) is 54.5 Å². The molecule has 35 heavy (non-hydrogen) atoms. The summed E-state index contributed by atoms with van der Waals surface area (Å²) >= 11 is 0. The average molecular weight is 470 g/mol. The summed E-state index contributed by atoms with van der Waals surface area (Å²) in [5, 5.41) is 10.3. The summed E-state index contributed by atoms with van der Waals surface area (Å²) in [6.07, 6.45) is 3.50. The molecule has 0 unspecified atom stereocenters. The van der Waals surface area contributed by atoms with Crippen LogP contribution in [0.4, 0.5) is 11.5 Å². The molecule has 2 amide bonds. The lowest BCUT2D eigenvalue weighted by Crippen LogP contribution is -2.23. The van der Waals surface area contributed by atoms with Crippen LogP contribution in [-0.4, -0.2) is 31.1 Å². The Hall–Kier alpha value is -4.40. The number of aryl methyl sites for hydroxylation is 3. The van der Waals surface area contributed by atoms with E-state index in [0.717, 1.165) is 39.3 Å². The van der Waals surface area contributed by atoms with Crippen molar-refractivity contribution in [2.24, 2.45) is 0 Å². The highest BCUT2D eigenvalue weighted by Crippen LogP contribution is 2.26. The average Bonchev–Trinajstić information content (AvgIpc) is 3.38. The van der Waals surface area contributed by atoms with Gasteiger partial charge in [-0.3, -0.25) is 14.3 Å². The number of carbonyl (C=O) groups is 2. The Morgan fingerprint density at radius 3 is 2.74 bits per heavy atom. The van der Waals surface area contributed by atoms with E-state index in [-0.39, 0.29) is 11.8 Å². The number of carbonyl (C=O) groups excluding carboxylic acids is 2. The van der Waals surface area contributed by atoms with Crippen molar-refractivity contribution in [3.8, 4) is 0 Å². The van der Waals surface area contributed by atoms with Gasteiger partial charge in [-0.25, -0.2) is 4.98 Å². The molecule has 0 bridgehead atoms. The van der Waals surface area contributed by atoms with Crippen LogP contribution < -0.4 is 16.4 Å². The second kappa shape index (κ2) is 8.75. The van der Waals surface area contributed by atoms with Gasteiger partial charge in [0.1, 0.15) is 11.5 Å². The van der Waals surface area contributed by atoms with E-state index in [1.807, 2.05) is 54.3 Å². The summed E-state index contributed by atoms with van der Waals surface area (Å²) in [5.41, 5.74) is 13.2. The molecule has 0 radical (unpaired) electrons. The van der Waals surface area contributed by atoms with Crippen LogP contribution in [0.2, 0.25) is 0 Å². The molecule has 1 aromatic carbocycles.